The lowest BCUT2D eigenvalue weighted by atomic mass is 10.1. The number of hydrogen-bond donors (Lipinski definition) is 0. The molecule has 0 aliphatic carbocycles. The van der Waals surface area contributed by atoms with Gasteiger partial charge in [0.05, 0.1) is 12.2 Å². The summed E-state index contributed by atoms with van der Waals surface area (Å²) in [5.74, 6) is -4.97. The van der Waals surface area contributed by atoms with Crippen molar-refractivity contribution in [1.82, 2.24) is 9.80 Å². The number of hydrogen-bond acceptors (Lipinski definition) is 3. The van der Waals surface area contributed by atoms with Gasteiger partial charge in [0.15, 0.2) is 17.5 Å². The van der Waals surface area contributed by atoms with Crippen LogP contribution < -0.4 is 0 Å². The van der Waals surface area contributed by atoms with Gasteiger partial charge in [0, 0.05) is 38.8 Å². The first-order valence-corrected chi connectivity index (χ1v) is 7.54. The van der Waals surface area contributed by atoms with Crippen LogP contribution in [0.4, 0.5) is 13.2 Å². The molecule has 1 aromatic carbocycles. The predicted molar refractivity (Wildman–Crippen MR) is 79.7 cm³/mol. The van der Waals surface area contributed by atoms with Gasteiger partial charge in [-0.1, -0.05) is 0 Å². The zero-order valence-electron chi connectivity index (χ0n) is 13.5. The lowest BCUT2D eigenvalue weighted by Crippen LogP contribution is -2.58. The number of piperazine rings is 1. The maximum Gasteiger partial charge on any atom is 0.257 e. The van der Waals surface area contributed by atoms with E-state index < -0.39 is 28.9 Å². The maximum absolute atomic E-state index is 13.8. The lowest BCUT2D eigenvalue weighted by Gasteiger charge is -2.44. The third-order valence-corrected chi connectivity index (χ3v) is 4.21. The zero-order valence-corrected chi connectivity index (χ0v) is 13.5. The van der Waals surface area contributed by atoms with Gasteiger partial charge in [-0.2, -0.15) is 0 Å². The number of carbonyl (C=O) groups excluding carboxylic acids is 1. The molecule has 23 heavy (non-hydrogen) atoms. The van der Waals surface area contributed by atoms with Gasteiger partial charge >= 0.3 is 0 Å². The number of ether oxygens (including phenoxy) is 1. The van der Waals surface area contributed by atoms with Gasteiger partial charge in [-0.05, 0) is 26.0 Å². The summed E-state index contributed by atoms with van der Waals surface area (Å²) in [6.07, 6.45) is 0. The molecule has 1 aliphatic heterocycles. The van der Waals surface area contributed by atoms with Crippen molar-refractivity contribution in [3.63, 3.8) is 0 Å². The van der Waals surface area contributed by atoms with Gasteiger partial charge in [0.25, 0.3) is 5.91 Å². The second-order valence-electron chi connectivity index (χ2n) is 5.86. The molecule has 0 aromatic heterocycles. The highest BCUT2D eigenvalue weighted by molar-refractivity contribution is 5.94. The van der Waals surface area contributed by atoms with Crippen LogP contribution in [0.5, 0.6) is 0 Å². The summed E-state index contributed by atoms with van der Waals surface area (Å²) in [7, 11) is 1.63. The number of halogens is 3. The first-order valence-electron chi connectivity index (χ1n) is 7.54. The summed E-state index contributed by atoms with van der Waals surface area (Å²) in [5, 5.41) is 0. The summed E-state index contributed by atoms with van der Waals surface area (Å²) in [6, 6.07) is 1.88. The molecule has 1 aliphatic rings. The molecule has 0 N–H and O–H groups in total. The van der Waals surface area contributed by atoms with Crippen LogP contribution in [-0.4, -0.2) is 61.1 Å². The number of nitrogens with zero attached hydrogens (tertiary/aromatic N) is 2. The molecule has 1 fully saturated rings. The molecule has 1 saturated heterocycles. The smallest absolute Gasteiger partial charge is 0.257 e. The molecule has 2 rings (SSSR count). The summed E-state index contributed by atoms with van der Waals surface area (Å²) in [4.78, 5) is 16.1. The third kappa shape index (κ3) is 3.67. The van der Waals surface area contributed by atoms with E-state index in [1.807, 2.05) is 13.8 Å². The van der Waals surface area contributed by atoms with E-state index in [-0.39, 0.29) is 12.1 Å². The van der Waals surface area contributed by atoms with Crippen LogP contribution in [0, 0.1) is 17.5 Å². The van der Waals surface area contributed by atoms with Crippen molar-refractivity contribution in [3.8, 4) is 0 Å². The Morgan fingerprint density at radius 2 is 1.78 bits per heavy atom. The summed E-state index contributed by atoms with van der Waals surface area (Å²) < 4.78 is 45.2. The fourth-order valence-electron chi connectivity index (χ4n) is 3.02. The molecule has 1 amide bonds. The Hall–Kier alpha value is -1.60. The number of benzene rings is 1. The van der Waals surface area contributed by atoms with Crippen LogP contribution >= 0.6 is 0 Å². The van der Waals surface area contributed by atoms with Crippen LogP contribution in [-0.2, 0) is 4.74 Å². The van der Waals surface area contributed by atoms with Crippen LogP contribution in [0.2, 0.25) is 0 Å². The molecular weight excluding hydrogens is 309 g/mol. The van der Waals surface area contributed by atoms with Gasteiger partial charge < -0.3 is 9.64 Å². The zero-order chi connectivity index (χ0) is 17.1. The van der Waals surface area contributed by atoms with E-state index in [0.29, 0.717) is 19.7 Å². The Morgan fingerprint density at radius 3 is 2.35 bits per heavy atom. The molecule has 2 atom stereocenters. The van der Waals surface area contributed by atoms with Gasteiger partial charge in [-0.25, -0.2) is 13.2 Å². The predicted octanol–water partition coefficient (Wildman–Crippen LogP) is 2.29. The highest BCUT2D eigenvalue weighted by atomic mass is 19.2. The summed E-state index contributed by atoms with van der Waals surface area (Å²) in [5.41, 5.74) is -0.436. The molecule has 0 spiro atoms. The number of amides is 1. The standard InChI is InChI=1S/C16H21F3N2O2/c1-10-8-20(9-11(2)21(10)6-7-23-3)16(22)12-4-5-13(17)15(19)14(12)18/h4-5,10-11H,6-9H2,1-3H3. The van der Waals surface area contributed by atoms with E-state index in [0.717, 1.165) is 18.7 Å². The van der Waals surface area contributed by atoms with Gasteiger partial charge in [-0.15, -0.1) is 0 Å². The van der Waals surface area contributed by atoms with Crippen molar-refractivity contribution in [2.45, 2.75) is 25.9 Å². The minimum absolute atomic E-state index is 0.0613. The van der Waals surface area contributed by atoms with E-state index >= 15 is 0 Å². The minimum atomic E-state index is -1.62. The topological polar surface area (TPSA) is 32.8 Å². The minimum Gasteiger partial charge on any atom is -0.383 e. The Kier molecular flexibility index (Phi) is 5.64. The van der Waals surface area contributed by atoms with E-state index in [4.69, 9.17) is 4.74 Å². The van der Waals surface area contributed by atoms with Crippen LogP contribution in [0.3, 0.4) is 0 Å². The molecule has 0 saturated carbocycles. The van der Waals surface area contributed by atoms with E-state index in [2.05, 4.69) is 4.90 Å². The first-order chi connectivity index (χ1) is 10.9. The van der Waals surface area contributed by atoms with Gasteiger partial charge in [0.2, 0.25) is 0 Å². The molecule has 4 nitrogen and oxygen atoms in total. The average molecular weight is 330 g/mol. The van der Waals surface area contributed by atoms with Crippen LogP contribution in [0.15, 0.2) is 12.1 Å². The molecule has 1 aromatic rings. The van der Waals surface area contributed by atoms with E-state index in [9.17, 15) is 18.0 Å². The average Bonchev–Trinajstić information content (AvgIpc) is 2.51. The number of carbonyl (C=O) groups is 1. The second-order valence-corrected chi connectivity index (χ2v) is 5.86. The van der Waals surface area contributed by atoms with Crippen LogP contribution in [0.1, 0.15) is 24.2 Å². The summed E-state index contributed by atoms with van der Waals surface area (Å²) in [6.45, 7) is 6.04. The Bertz CT molecular complexity index is 571. The number of rotatable bonds is 4. The molecule has 0 radical (unpaired) electrons. The second kappa shape index (κ2) is 7.31. The highest BCUT2D eigenvalue weighted by Gasteiger charge is 2.33. The Labute approximate surface area is 133 Å². The maximum atomic E-state index is 13.8. The fourth-order valence-corrected chi connectivity index (χ4v) is 3.02. The van der Waals surface area contributed by atoms with Gasteiger partial charge in [-0.3, -0.25) is 9.69 Å². The lowest BCUT2D eigenvalue weighted by molar-refractivity contribution is 0.0190. The van der Waals surface area contributed by atoms with E-state index in [1.165, 1.54) is 4.90 Å². The molecule has 1 heterocycles. The SMILES string of the molecule is COCCN1C(C)CN(C(=O)c2ccc(F)c(F)c2F)CC1C. The monoisotopic (exact) mass is 330 g/mol. The summed E-state index contributed by atoms with van der Waals surface area (Å²) >= 11 is 0. The van der Waals surface area contributed by atoms with Crippen molar-refractivity contribution in [1.29, 1.82) is 0 Å². The van der Waals surface area contributed by atoms with E-state index in [1.54, 1.807) is 7.11 Å². The fraction of sp³-hybridized carbons (Fsp3) is 0.562. The first kappa shape index (κ1) is 17.7. The number of methoxy groups -OCH3 is 1. The van der Waals surface area contributed by atoms with Crippen molar-refractivity contribution < 1.29 is 22.7 Å². The largest absolute Gasteiger partial charge is 0.383 e. The molecular formula is C16H21F3N2O2. The van der Waals surface area contributed by atoms with Crippen molar-refractivity contribution in [2.75, 3.05) is 33.4 Å². The van der Waals surface area contributed by atoms with Crippen LogP contribution in [0.25, 0.3) is 0 Å². The molecule has 2 unspecified atom stereocenters. The quantitative estimate of drug-likeness (QED) is 0.794. The molecule has 128 valence electrons. The normalized spacial score (nSPS) is 22.4. The highest BCUT2D eigenvalue weighted by Crippen LogP contribution is 2.21. The Morgan fingerprint density at radius 1 is 1.17 bits per heavy atom. The molecule has 7 heteroatoms. The van der Waals surface area contributed by atoms with Crippen molar-refractivity contribution in [3.05, 3.63) is 35.1 Å². The third-order valence-electron chi connectivity index (χ3n) is 4.21. The molecule has 0 bridgehead atoms. The van der Waals surface area contributed by atoms with Crippen molar-refractivity contribution >= 4 is 5.91 Å². The van der Waals surface area contributed by atoms with Crippen molar-refractivity contribution in [2.24, 2.45) is 0 Å². The Balaban J connectivity index is 2.14. The van der Waals surface area contributed by atoms with Gasteiger partial charge in [0.1, 0.15) is 0 Å².